The molecule has 0 radical (unpaired) electrons. The normalized spacial score (nSPS) is 16.9. The Morgan fingerprint density at radius 3 is 2.84 bits per heavy atom. The number of carbonyl (C=O) groups excluding carboxylic acids is 2. The Kier molecular flexibility index (Phi) is 6.32. The number of methoxy groups -OCH3 is 1. The van der Waals surface area contributed by atoms with Crippen molar-refractivity contribution in [2.75, 3.05) is 19.1 Å². The van der Waals surface area contributed by atoms with E-state index in [0.29, 0.717) is 24.2 Å². The molecular weight excluding hydrogens is 406 g/mol. The van der Waals surface area contributed by atoms with Crippen molar-refractivity contribution >= 4 is 28.5 Å². The lowest BCUT2D eigenvalue weighted by Crippen LogP contribution is -2.52. The quantitative estimate of drug-likeness (QED) is 0.619. The van der Waals surface area contributed by atoms with Crippen molar-refractivity contribution in [2.24, 2.45) is 0 Å². The van der Waals surface area contributed by atoms with Crippen LogP contribution in [0.5, 0.6) is 5.75 Å². The smallest absolute Gasteiger partial charge is 0.249 e. The van der Waals surface area contributed by atoms with E-state index < -0.39 is 12.1 Å². The van der Waals surface area contributed by atoms with E-state index in [1.165, 1.54) is 0 Å². The number of rotatable bonds is 6. The van der Waals surface area contributed by atoms with Gasteiger partial charge in [0.1, 0.15) is 11.8 Å². The maximum Gasteiger partial charge on any atom is 0.249 e. The number of hydrogen-bond donors (Lipinski definition) is 2. The lowest BCUT2D eigenvalue weighted by molar-refractivity contribution is -0.128. The van der Waals surface area contributed by atoms with Crippen LogP contribution in [0.4, 0.5) is 5.69 Å². The first-order chi connectivity index (χ1) is 15.5. The highest BCUT2D eigenvalue weighted by Gasteiger charge is 2.33. The molecule has 2 atom stereocenters. The number of para-hydroxylation sites is 1. The van der Waals surface area contributed by atoms with E-state index in [1.54, 1.807) is 38.4 Å². The first-order valence-corrected chi connectivity index (χ1v) is 10.7. The molecule has 2 unspecified atom stereocenters. The maximum absolute atomic E-state index is 13.7. The van der Waals surface area contributed by atoms with Gasteiger partial charge in [-0.25, -0.2) is 9.97 Å². The zero-order chi connectivity index (χ0) is 22.7. The Bertz CT molecular complexity index is 1150. The molecule has 1 aromatic carbocycles. The van der Waals surface area contributed by atoms with Gasteiger partial charge in [-0.2, -0.15) is 0 Å². The van der Waals surface area contributed by atoms with Gasteiger partial charge in [0.25, 0.3) is 0 Å². The summed E-state index contributed by atoms with van der Waals surface area (Å²) in [6.07, 6.45) is 4.54. The summed E-state index contributed by atoms with van der Waals surface area (Å²) in [6.45, 7) is 2.04. The van der Waals surface area contributed by atoms with E-state index in [1.807, 2.05) is 36.4 Å². The number of hydrogen-bond acceptors (Lipinski definition) is 6. The number of pyridine rings is 2. The Labute approximate surface area is 187 Å². The maximum atomic E-state index is 13.7. The van der Waals surface area contributed by atoms with Crippen molar-refractivity contribution < 1.29 is 14.3 Å². The predicted molar refractivity (Wildman–Crippen MR) is 122 cm³/mol. The molecule has 0 aliphatic carbocycles. The van der Waals surface area contributed by atoms with Crippen molar-refractivity contribution in [3.8, 4) is 5.75 Å². The van der Waals surface area contributed by atoms with Gasteiger partial charge in [0.2, 0.25) is 11.8 Å². The molecule has 3 heterocycles. The summed E-state index contributed by atoms with van der Waals surface area (Å²) in [5, 5.41) is 6.67. The molecule has 8 heteroatoms. The number of nitrogens with zero attached hydrogens (tertiary/aromatic N) is 3. The van der Waals surface area contributed by atoms with E-state index >= 15 is 0 Å². The predicted octanol–water partition coefficient (Wildman–Crippen LogP) is 2.21. The third-order valence-electron chi connectivity index (χ3n) is 5.94. The average molecular weight is 434 g/mol. The molecule has 2 N–H and O–H groups in total. The third kappa shape index (κ3) is 4.13. The number of nitrogens with one attached hydrogen (secondary N) is 2. The second-order valence-electron chi connectivity index (χ2n) is 7.84. The molecule has 0 bridgehead atoms. The summed E-state index contributed by atoms with van der Waals surface area (Å²) < 4.78 is 5.58. The van der Waals surface area contributed by atoms with Gasteiger partial charge in [-0.05, 0) is 50.6 Å². The van der Waals surface area contributed by atoms with Crippen LogP contribution in [0.2, 0.25) is 0 Å². The first kappa shape index (κ1) is 21.7. The number of fused-ring (bicyclic) bond motifs is 2. The van der Waals surface area contributed by atoms with Gasteiger partial charge in [-0.3, -0.25) is 9.59 Å². The fourth-order valence-corrected chi connectivity index (χ4v) is 4.00. The van der Waals surface area contributed by atoms with Crippen LogP contribution in [0.15, 0.2) is 48.8 Å². The standard InChI is InChI=1S/C24H27N5O3/c1-15(25-2)23(30)28-19-11-10-16-7-4-5-9-20(16)29(24(19)31)14-18-17-8-6-12-26-22(17)27-13-21(18)32-3/h4-9,12-13,15,19,25H,10-11,14H2,1-3H3,(H,28,30). The molecular formula is C24H27N5O3. The van der Waals surface area contributed by atoms with Crippen molar-refractivity contribution in [3.63, 3.8) is 0 Å². The monoisotopic (exact) mass is 433 g/mol. The van der Waals surface area contributed by atoms with E-state index in [0.717, 1.165) is 22.2 Å². The molecule has 2 aromatic heterocycles. The highest BCUT2D eigenvalue weighted by molar-refractivity contribution is 6.01. The number of benzene rings is 1. The van der Waals surface area contributed by atoms with E-state index in [-0.39, 0.29) is 18.4 Å². The van der Waals surface area contributed by atoms with E-state index in [4.69, 9.17) is 4.74 Å². The van der Waals surface area contributed by atoms with Gasteiger partial charge in [0, 0.05) is 22.8 Å². The fourth-order valence-electron chi connectivity index (χ4n) is 4.00. The van der Waals surface area contributed by atoms with Gasteiger partial charge in [-0.1, -0.05) is 18.2 Å². The topological polar surface area (TPSA) is 96.5 Å². The number of amides is 2. The Hall–Kier alpha value is -3.52. The second kappa shape index (κ2) is 9.32. The Morgan fingerprint density at radius 1 is 1.25 bits per heavy atom. The number of ether oxygens (including phenoxy) is 1. The lowest BCUT2D eigenvalue weighted by atomic mass is 10.1. The highest BCUT2D eigenvalue weighted by atomic mass is 16.5. The third-order valence-corrected chi connectivity index (χ3v) is 5.94. The number of aryl methyl sites for hydroxylation is 1. The number of carbonyl (C=O) groups is 2. The van der Waals surface area contributed by atoms with Crippen molar-refractivity contribution in [2.45, 2.75) is 38.4 Å². The zero-order valence-electron chi connectivity index (χ0n) is 18.5. The minimum Gasteiger partial charge on any atom is -0.495 e. The lowest BCUT2D eigenvalue weighted by Gasteiger charge is -2.28. The molecule has 32 heavy (non-hydrogen) atoms. The van der Waals surface area contributed by atoms with Crippen LogP contribution in [0, 0.1) is 0 Å². The highest BCUT2D eigenvalue weighted by Crippen LogP contribution is 2.32. The molecule has 0 saturated heterocycles. The molecule has 1 aliphatic heterocycles. The van der Waals surface area contributed by atoms with Crippen molar-refractivity contribution in [1.82, 2.24) is 20.6 Å². The van der Waals surface area contributed by atoms with Crippen LogP contribution < -0.4 is 20.3 Å². The SMILES string of the molecule is CNC(C)C(=O)NC1CCc2ccccc2N(Cc2c(OC)cnc3ncccc23)C1=O. The van der Waals surface area contributed by atoms with Crippen LogP contribution in [0.1, 0.15) is 24.5 Å². The van der Waals surface area contributed by atoms with Crippen LogP contribution in [0.3, 0.4) is 0 Å². The van der Waals surface area contributed by atoms with Crippen LogP contribution >= 0.6 is 0 Å². The van der Waals surface area contributed by atoms with Crippen molar-refractivity contribution in [3.05, 3.63) is 59.9 Å². The number of likely N-dealkylation sites (N-methyl/N-ethyl adjacent to an activating group) is 1. The molecule has 166 valence electrons. The summed E-state index contributed by atoms with van der Waals surface area (Å²) in [4.78, 5) is 36.7. The first-order valence-electron chi connectivity index (χ1n) is 10.7. The summed E-state index contributed by atoms with van der Waals surface area (Å²) >= 11 is 0. The van der Waals surface area contributed by atoms with E-state index in [9.17, 15) is 9.59 Å². The number of anilines is 1. The van der Waals surface area contributed by atoms with Gasteiger partial charge < -0.3 is 20.3 Å². The number of aromatic nitrogens is 2. The van der Waals surface area contributed by atoms with Gasteiger partial charge in [0.05, 0.1) is 25.9 Å². The summed E-state index contributed by atoms with van der Waals surface area (Å²) in [5.74, 6) is 0.236. The van der Waals surface area contributed by atoms with Crippen LogP contribution in [0.25, 0.3) is 11.0 Å². The van der Waals surface area contributed by atoms with Crippen LogP contribution in [-0.2, 0) is 22.6 Å². The second-order valence-corrected chi connectivity index (χ2v) is 7.84. The molecule has 0 spiro atoms. The van der Waals surface area contributed by atoms with Gasteiger partial charge in [0.15, 0.2) is 5.65 Å². The summed E-state index contributed by atoms with van der Waals surface area (Å²) in [6, 6.07) is 10.6. The van der Waals surface area contributed by atoms with Gasteiger partial charge in [-0.15, -0.1) is 0 Å². The molecule has 2 amide bonds. The summed E-state index contributed by atoms with van der Waals surface area (Å²) in [7, 11) is 3.30. The largest absolute Gasteiger partial charge is 0.495 e. The molecule has 8 nitrogen and oxygen atoms in total. The molecule has 0 fully saturated rings. The zero-order valence-corrected chi connectivity index (χ0v) is 18.5. The Balaban J connectivity index is 1.76. The summed E-state index contributed by atoms with van der Waals surface area (Å²) in [5.41, 5.74) is 3.32. The molecule has 4 rings (SSSR count). The molecule has 0 saturated carbocycles. The minimum atomic E-state index is -0.622. The fraction of sp³-hybridized carbons (Fsp3) is 0.333. The molecule has 3 aromatic rings. The minimum absolute atomic E-state index is 0.150. The average Bonchev–Trinajstić information content (AvgIpc) is 2.95. The van der Waals surface area contributed by atoms with E-state index in [2.05, 4.69) is 20.6 Å². The van der Waals surface area contributed by atoms with Crippen LogP contribution in [-0.4, -0.2) is 48.0 Å². The molecule has 1 aliphatic rings. The Morgan fingerprint density at radius 2 is 2.06 bits per heavy atom. The van der Waals surface area contributed by atoms with Crippen molar-refractivity contribution in [1.29, 1.82) is 0 Å². The van der Waals surface area contributed by atoms with Gasteiger partial charge >= 0.3 is 0 Å².